The van der Waals surface area contributed by atoms with E-state index in [0.29, 0.717) is 11.3 Å². The molecule has 7 heteroatoms. The minimum absolute atomic E-state index is 0.187. The highest BCUT2D eigenvalue weighted by Gasteiger charge is 2.07. The molecule has 0 saturated heterocycles. The second-order valence-corrected chi connectivity index (χ2v) is 7.25. The van der Waals surface area contributed by atoms with Crippen molar-refractivity contribution in [2.75, 3.05) is 18.7 Å². The van der Waals surface area contributed by atoms with Gasteiger partial charge >= 0.3 is 5.97 Å². The molecule has 2 aromatic rings. The molecule has 0 aliphatic rings. The van der Waals surface area contributed by atoms with Crippen LogP contribution in [0, 0.1) is 0 Å². The van der Waals surface area contributed by atoms with Gasteiger partial charge in [0.25, 0.3) is 0 Å². The van der Waals surface area contributed by atoms with Crippen LogP contribution in [-0.4, -0.2) is 33.7 Å². The Hall–Kier alpha value is -2.93. The first kappa shape index (κ1) is 18.4. The minimum Gasteiger partial charge on any atom is -0.465 e. The van der Waals surface area contributed by atoms with E-state index in [1.165, 1.54) is 37.5 Å². The van der Waals surface area contributed by atoms with Gasteiger partial charge in [0.2, 0.25) is 5.91 Å². The molecule has 2 rings (SSSR count). The van der Waals surface area contributed by atoms with Crippen LogP contribution in [0.3, 0.4) is 0 Å². The summed E-state index contributed by atoms with van der Waals surface area (Å²) in [6.45, 7) is 0. The lowest BCUT2D eigenvalue weighted by molar-refractivity contribution is -0.111. The van der Waals surface area contributed by atoms with Crippen LogP contribution in [0.25, 0.3) is 6.08 Å². The molecule has 0 atom stereocenters. The second-order valence-electron chi connectivity index (χ2n) is 5.23. The van der Waals surface area contributed by atoms with Gasteiger partial charge in [-0.15, -0.1) is 0 Å². The van der Waals surface area contributed by atoms with Gasteiger partial charge in [-0.05, 0) is 48.0 Å². The van der Waals surface area contributed by atoms with E-state index in [-0.39, 0.29) is 10.8 Å². The average molecular weight is 359 g/mol. The van der Waals surface area contributed by atoms with Crippen molar-refractivity contribution in [3.8, 4) is 0 Å². The molecule has 0 saturated carbocycles. The highest BCUT2D eigenvalue weighted by molar-refractivity contribution is 7.90. The van der Waals surface area contributed by atoms with Gasteiger partial charge in [-0.1, -0.05) is 12.1 Å². The first-order chi connectivity index (χ1) is 11.8. The third-order valence-electron chi connectivity index (χ3n) is 3.31. The highest BCUT2D eigenvalue weighted by atomic mass is 32.2. The van der Waals surface area contributed by atoms with Gasteiger partial charge in [-0.25, -0.2) is 13.2 Å². The molecule has 0 fully saturated rings. The minimum atomic E-state index is -3.27. The van der Waals surface area contributed by atoms with Crippen LogP contribution >= 0.6 is 0 Å². The van der Waals surface area contributed by atoms with Crippen LogP contribution in [-0.2, 0) is 19.4 Å². The number of methoxy groups -OCH3 is 1. The molecule has 0 spiro atoms. The van der Waals surface area contributed by atoms with Crippen LogP contribution < -0.4 is 5.32 Å². The number of hydrogen-bond acceptors (Lipinski definition) is 5. The largest absolute Gasteiger partial charge is 0.465 e. The predicted octanol–water partition coefficient (Wildman–Crippen LogP) is 2.53. The van der Waals surface area contributed by atoms with E-state index >= 15 is 0 Å². The summed E-state index contributed by atoms with van der Waals surface area (Å²) in [4.78, 5) is 23.4. The van der Waals surface area contributed by atoms with Gasteiger partial charge in [0, 0.05) is 18.0 Å². The molecule has 0 unspecified atom stereocenters. The molecular formula is C18H17NO5S. The summed E-state index contributed by atoms with van der Waals surface area (Å²) in [6.07, 6.45) is 4.06. The number of hydrogen-bond donors (Lipinski definition) is 1. The van der Waals surface area contributed by atoms with E-state index in [4.69, 9.17) is 0 Å². The van der Waals surface area contributed by atoms with Crippen molar-refractivity contribution in [1.82, 2.24) is 0 Å². The van der Waals surface area contributed by atoms with Gasteiger partial charge in [0.1, 0.15) is 0 Å². The van der Waals surface area contributed by atoms with Gasteiger partial charge in [0.15, 0.2) is 9.84 Å². The Labute approximate surface area is 146 Å². The summed E-state index contributed by atoms with van der Waals surface area (Å²) < 4.78 is 27.4. The fraction of sp³-hybridized carbons (Fsp3) is 0.111. The van der Waals surface area contributed by atoms with E-state index in [9.17, 15) is 18.0 Å². The molecule has 0 aliphatic heterocycles. The van der Waals surface area contributed by atoms with E-state index < -0.39 is 15.8 Å². The molecule has 1 amide bonds. The number of nitrogens with one attached hydrogen (secondary N) is 1. The Morgan fingerprint density at radius 2 is 1.60 bits per heavy atom. The lowest BCUT2D eigenvalue weighted by atomic mass is 10.1. The van der Waals surface area contributed by atoms with Crippen LogP contribution in [0.15, 0.2) is 59.5 Å². The van der Waals surface area contributed by atoms with Crippen LogP contribution in [0.1, 0.15) is 15.9 Å². The Morgan fingerprint density at radius 3 is 2.12 bits per heavy atom. The van der Waals surface area contributed by atoms with Crippen molar-refractivity contribution >= 4 is 33.5 Å². The van der Waals surface area contributed by atoms with Crippen molar-refractivity contribution in [2.45, 2.75) is 4.90 Å². The summed E-state index contributed by atoms with van der Waals surface area (Å²) in [5.41, 5.74) is 1.66. The lowest BCUT2D eigenvalue weighted by Gasteiger charge is -2.03. The molecule has 0 radical (unpaired) electrons. The zero-order chi connectivity index (χ0) is 18.4. The topological polar surface area (TPSA) is 89.5 Å². The number of esters is 1. The Morgan fingerprint density at radius 1 is 1.00 bits per heavy atom. The molecule has 1 N–H and O–H groups in total. The summed E-state index contributed by atoms with van der Waals surface area (Å²) in [6, 6.07) is 12.5. The number of carbonyl (C=O) groups is 2. The van der Waals surface area contributed by atoms with Crippen molar-refractivity contribution < 1.29 is 22.7 Å². The van der Waals surface area contributed by atoms with Crippen LogP contribution in [0.5, 0.6) is 0 Å². The monoisotopic (exact) mass is 359 g/mol. The van der Waals surface area contributed by atoms with Crippen molar-refractivity contribution in [3.05, 3.63) is 65.7 Å². The third-order valence-corrected chi connectivity index (χ3v) is 4.44. The Bertz CT molecular complexity index is 897. The molecule has 130 valence electrons. The van der Waals surface area contributed by atoms with Gasteiger partial charge in [-0.2, -0.15) is 0 Å². The number of ether oxygens (including phenoxy) is 1. The lowest BCUT2D eigenvalue weighted by Crippen LogP contribution is -2.08. The summed E-state index contributed by atoms with van der Waals surface area (Å²) in [7, 11) is -1.96. The van der Waals surface area contributed by atoms with Crippen molar-refractivity contribution in [3.63, 3.8) is 0 Å². The molecule has 6 nitrogen and oxygen atoms in total. The Kier molecular flexibility index (Phi) is 5.71. The smallest absolute Gasteiger partial charge is 0.337 e. The maximum atomic E-state index is 11.9. The fourth-order valence-corrected chi connectivity index (χ4v) is 2.62. The van der Waals surface area contributed by atoms with Gasteiger partial charge in [0.05, 0.1) is 17.6 Å². The first-order valence-electron chi connectivity index (χ1n) is 7.27. The van der Waals surface area contributed by atoms with E-state index in [1.54, 1.807) is 30.3 Å². The number of rotatable bonds is 5. The van der Waals surface area contributed by atoms with E-state index in [1.807, 2.05) is 0 Å². The number of sulfone groups is 1. The summed E-state index contributed by atoms with van der Waals surface area (Å²) in [5, 5.41) is 2.63. The van der Waals surface area contributed by atoms with E-state index in [2.05, 4.69) is 10.1 Å². The second kappa shape index (κ2) is 7.76. The highest BCUT2D eigenvalue weighted by Crippen LogP contribution is 2.14. The van der Waals surface area contributed by atoms with Crippen molar-refractivity contribution in [2.24, 2.45) is 0 Å². The zero-order valence-electron chi connectivity index (χ0n) is 13.7. The predicted molar refractivity (Wildman–Crippen MR) is 95.0 cm³/mol. The summed E-state index contributed by atoms with van der Waals surface area (Å²) in [5.74, 6) is -0.782. The molecular weight excluding hydrogens is 342 g/mol. The number of benzene rings is 2. The van der Waals surface area contributed by atoms with Gasteiger partial charge < -0.3 is 10.1 Å². The van der Waals surface area contributed by atoms with Crippen molar-refractivity contribution in [1.29, 1.82) is 0 Å². The standard InChI is InChI=1S/C18H17NO5S/c1-24-18(21)14-6-3-13(4-7-14)5-12-17(20)19-15-8-10-16(11-9-15)25(2,22)23/h3-12H,1-2H3,(H,19,20)/b12-5+. The van der Waals surface area contributed by atoms with Crippen LogP contribution in [0.2, 0.25) is 0 Å². The fourth-order valence-electron chi connectivity index (χ4n) is 1.99. The quantitative estimate of drug-likeness (QED) is 0.654. The first-order valence-corrected chi connectivity index (χ1v) is 9.16. The average Bonchev–Trinajstić information content (AvgIpc) is 2.59. The Balaban J connectivity index is 2.00. The molecule has 0 aliphatic carbocycles. The van der Waals surface area contributed by atoms with Crippen LogP contribution in [0.4, 0.5) is 5.69 Å². The number of amides is 1. The zero-order valence-corrected chi connectivity index (χ0v) is 14.5. The maximum absolute atomic E-state index is 11.9. The molecule has 0 heterocycles. The number of anilines is 1. The molecule has 25 heavy (non-hydrogen) atoms. The molecule has 0 bridgehead atoms. The maximum Gasteiger partial charge on any atom is 0.337 e. The third kappa shape index (κ3) is 5.29. The van der Waals surface area contributed by atoms with Gasteiger partial charge in [-0.3, -0.25) is 4.79 Å². The normalized spacial score (nSPS) is 11.3. The number of carbonyl (C=O) groups excluding carboxylic acids is 2. The van der Waals surface area contributed by atoms with E-state index in [0.717, 1.165) is 11.8 Å². The molecule has 0 aromatic heterocycles. The molecule has 2 aromatic carbocycles. The summed E-state index contributed by atoms with van der Waals surface area (Å²) >= 11 is 0. The SMILES string of the molecule is COC(=O)c1ccc(/C=C/C(=O)Nc2ccc(S(C)(=O)=O)cc2)cc1.